The molecule has 0 unspecified atom stereocenters. The number of rotatable bonds is 7. The van der Waals surface area contributed by atoms with Gasteiger partial charge in [0.25, 0.3) is 0 Å². The third kappa shape index (κ3) is 5.22. The van der Waals surface area contributed by atoms with Gasteiger partial charge < -0.3 is 5.32 Å². The number of hydrogen-bond donors (Lipinski definition) is 1. The molecule has 1 amide bonds. The van der Waals surface area contributed by atoms with E-state index in [-0.39, 0.29) is 11.8 Å². The van der Waals surface area contributed by atoms with E-state index in [1.807, 2.05) is 37.3 Å². The first-order valence-electron chi connectivity index (χ1n) is 8.27. The number of nitrogens with one attached hydrogen (secondary N) is 1. The van der Waals surface area contributed by atoms with Crippen LogP contribution >= 0.6 is 11.6 Å². The van der Waals surface area contributed by atoms with Crippen molar-refractivity contribution in [3.63, 3.8) is 0 Å². The summed E-state index contributed by atoms with van der Waals surface area (Å²) in [4.78, 5) is 12.6. The molecule has 0 aliphatic heterocycles. The van der Waals surface area contributed by atoms with E-state index < -0.39 is 16.1 Å². The third-order valence-electron chi connectivity index (χ3n) is 4.10. The molecule has 0 aliphatic rings. The predicted molar refractivity (Wildman–Crippen MR) is 106 cm³/mol. The molecule has 0 saturated heterocycles. The lowest BCUT2D eigenvalue weighted by molar-refractivity contribution is -0.121. The van der Waals surface area contributed by atoms with Crippen LogP contribution in [0.1, 0.15) is 25.3 Å². The molecular formula is C19H23ClN2O3S. The summed E-state index contributed by atoms with van der Waals surface area (Å²) < 4.78 is 25.6. The fourth-order valence-electron chi connectivity index (χ4n) is 2.72. The highest BCUT2D eigenvalue weighted by atomic mass is 35.5. The number of anilines is 1. The van der Waals surface area contributed by atoms with Gasteiger partial charge in [-0.2, -0.15) is 0 Å². The molecule has 5 nitrogen and oxygen atoms in total. The predicted octanol–water partition coefficient (Wildman–Crippen LogP) is 3.41. The number of sulfonamides is 1. The van der Waals surface area contributed by atoms with Crippen LogP contribution in [-0.4, -0.2) is 33.2 Å². The van der Waals surface area contributed by atoms with Gasteiger partial charge in [0.05, 0.1) is 11.9 Å². The molecule has 2 rings (SSSR count). The molecule has 0 heterocycles. The summed E-state index contributed by atoms with van der Waals surface area (Å²) >= 11 is 5.97. The van der Waals surface area contributed by atoms with Gasteiger partial charge in [-0.3, -0.25) is 9.10 Å². The molecule has 0 spiro atoms. The summed E-state index contributed by atoms with van der Waals surface area (Å²) in [5.74, 6) is -0.247. The Morgan fingerprint density at radius 1 is 1.12 bits per heavy atom. The zero-order valence-electron chi connectivity index (χ0n) is 15.0. The molecule has 0 aromatic heterocycles. The van der Waals surface area contributed by atoms with Crippen LogP contribution in [0.4, 0.5) is 5.69 Å². The number of carbonyl (C=O) groups excluding carboxylic acids is 1. The monoisotopic (exact) mass is 394 g/mol. The van der Waals surface area contributed by atoms with Crippen molar-refractivity contribution >= 4 is 33.2 Å². The van der Waals surface area contributed by atoms with Crippen LogP contribution in [-0.2, 0) is 14.8 Å². The topological polar surface area (TPSA) is 66.5 Å². The highest BCUT2D eigenvalue weighted by Crippen LogP contribution is 2.24. The van der Waals surface area contributed by atoms with E-state index in [9.17, 15) is 13.2 Å². The first kappa shape index (κ1) is 20.3. The largest absolute Gasteiger partial charge is 0.354 e. The van der Waals surface area contributed by atoms with E-state index in [0.717, 1.165) is 16.1 Å². The van der Waals surface area contributed by atoms with Crippen molar-refractivity contribution in [1.29, 1.82) is 0 Å². The van der Waals surface area contributed by atoms with Gasteiger partial charge in [-0.15, -0.1) is 0 Å². The lowest BCUT2D eigenvalue weighted by Gasteiger charge is -2.28. The van der Waals surface area contributed by atoms with Gasteiger partial charge in [0.1, 0.15) is 6.04 Å². The molecule has 0 bridgehead atoms. The Balaban J connectivity index is 2.13. The summed E-state index contributed by atoms with van der Waals surface area (Å²) in [6.45, 7) is 3.98. The molecule has 1 N–H and O–H groups in total. The molecule has 26 heavy (non-hydrogen) atoms. The average Bonchev–Trinajstić information content (AvgIpc) is 2.59. The van der Waals surface area contributed by atoms with E-state index in [2.05, 4.69) is 5.32 Å². The maximum atomic E-state index is 12.6. The molecule has 0 fully saturated rings. The number of amides is 1. The van der Waals surface area contributed by atoms with Crippen molar-refractivity contribution in [1.82, 2.24) is 5.32 Å². The summed E-state index contributed by atoms with van der Waals surface area (Å²) in [6.07, 6.45) is 1.07. The Morgan fingerprint density at radius 2 is 1.77 bits per heavy atom. The minimum atomic E-state index is -3.66. The second kappa shape index (κ2) is 8.56. The van der Waals surface area contributed by atoms with Crippen molar-refractivity contribution in [3.05, 3.63) is 65.2 Å². The van der Waals surface area contributed by atoms with Gasteiger partial charge in [-0.25, -0.2) is 8.42 Å². The Kier molecular flexibility index (Phi) is 6.67. The lowest BCUT2D eigenvalue weighted by atomic mass is 10.0. The molecule has 0 aliphatic carbocycles. The van der Waals surface area contributed by atoms with Gasteiger partial charge in [0, 0.05) is 11.6 Å². The molecule has 2 aromatic carbocycles. The molecule has 2 aromatic rings. The minimum Gasteiger partial charge on any atom is -0.354 e. The van der Waals surface area contributed by atoms with E-state index in [1.54, 1.807) is 25.1 Å². The van der Waals surface area contributed by atoms with Crippen LogP contribution in [0.15, 0.2) is 54.6 Å². The Morgan fingerprint density at radius 3 is 2.35 bits per heavy atom. The Bertz CT molecular complexity index is 856. The van der Waals surface area contributed by atoms with Crippen LogP contribution < -0.4 is 9.62 Å². The van der Waals surface area contributed by atoms with Crippen molar-refractivity contribution in [2.75, 3.05) is 17.1 Å². The number of halogens is 1. The van der Waals surface area contributed by atoms with Crippen LogP contribution in [0.25, 0.3) is 0 Å². The summed E-state index contributed by atoms with van der Waals surface area (Å²) in [7, 11) is -3.66. The minimum absolute atomic E-state index is 0.116. The van der Waals surface area contributed by atoms with Gasteiger partial charge in [-0.1, -0.05) is 54.9 Å². The number of hydrogen-bond acceptors (Lipinski definition) is 3. The summed E-state index contributed by atoms with van der Waals surface area (Å²) in [6, 6.07) is 15.4. The SMILES string of the molecule is C[C@H](CNC(=O)[C@H](C)N(c1cccc(Cl)c1)S(C)(=O)=O)c1ccccc1. The van der Waals surface area contributed by atoms with E-state index in [0.29, 0.717) is 17.3 Å². The van der Waals surface area contributed by atoms with E-state index in [1.165, 1.54) is 6.07 Å². The van der Waals surface area contributed by atoms with Gasteiger partial charge in [-0.05, 0) is 36.6 Å². The second-order valence-electron chi connectivity index (χ2n) is 6.27. The first-order valence-corrected chi connectivity index (χ1v) is 10.5. The summed E-state index contributed by atoms with van der Waals surface area (Å²) in [5, 5.41) is 3.24. The Hall–Kier alpha value is -2.05. The molecule has 7 heteroatoms. The van der Waals surface area contributed by atoms with Gasteiger partial charge >= 0.3 is 0 Å². The summed E-state index contributed by atoms with van der Waals surface area (Å²) in [5.41, 5.74) is 1.47. The zero-order valence-corrected chi connectivity index (χ0v) is 16.6. The second-order valence-corrected chi connectivity index (χ2v) is 8.57. The van der Waals surface area contributed by atoms with Crippen molar-refractivity contribution in [2.24, 2.45) is 0 Å². The highest BCUT2D eigenvalue weighted by molar-refractivity contribution is 7.92. The number of benzene rings is 2. The average molecular weight is 395 g/mol. The molecular weight excluding hydrogens is 372 g/mol. The van der Waals surface area contributed by atoms with Gasteiger partial charge in [0.2, 0.25) is 15.9 Å². The van der Waals surface area contributed by atoms with E-state index in [4.69, 9.17) is 11.6 Å². The van der Waals surface area contributed by atoms with Crippen LogP contribution in [0.3, 0.4) is 0 Å². The fourth-order valence-corrected chi connectivity index (χ4v) is 4.07. The van der Waals surface area contributed by atoms with Crippen molar-refractivity contribution < 1.29 is 13.2 Å². The maximum Gasteiger partial charge on any atom is 0.243 e. The normalized spacial score (nSPS) is 13.7. The third-order valence-corrected chi connectivity index (χ3v) is 5.58. The van der Waals surface area contributed by atoms with Gasteiger partial charge in [0.15, 0.2) is 0 Å². The standard InChI is InChI=1S/C19H23ClN2O3S/c1-14(16-8-5-4-6-9-16)13-21-19(23)15(2)22(26(3,24)25)18-11-7-10-17(20)12-18/h4-12,14-15H,13H2,1-3H3,(H,21,23)/t14-,15+/m1/s1. The smallest absolute Gasteiger partial charge is 0.243 e. The van der Waals surface area contributed by atoms with Crippen LogP contribution in [0.2, 0.25) is 5.02 Å². The first-order chi connectivity index (χ1) is 12.2. The quantitative estimate of drug-likeness (QED) is 0.782. The Labute approximate surface area is 160 Å². The number of carbonyl (C=O) groups is 1. The zero-order chi connectivity index (χ0) is 19.3. The van der Waals surface area contributed by atoms with Crippen molar-refractivity contribution in [2.45, 2.75) is 25.8 Å². The van der Waals surface area contributed by atoms with E-state index >= 15 is 0 Å². The maximum absolute atomic E-state index is 12.6. The molecule has 140 valence electrons. The number of nitrogens with zero attached hydrogens (tertiary/aromatic N) is 1. The van der Waals surface area contributed by atoms with Crippen LogP contribution in [0, 0.1) is 0 Å². The van der Waals surface area contributed by atoms with Crippen molar-refractivity contribution in [3.8, 4) is 0 Å². The fraction of sp³-hybridized carbons (Fsp3) is 0.316. The molecule has 2 atom stereocenters. The molecule has 0 saturated carbocycles. The highest BCUT2D eigenvalue weighted by Gasteiger charge is 2.29. The lowest BCUT2D eigenvalue weighted by Crippen LogP contribution is -2.48. The molecule has 0 radical (unpaired) electrons. The van der Waals surface area contributed by atoms with Crippen LogP contribution in [0.5, 0.6) is 0 Å².